The molecular formula is C32H36N2O8S. The zero-order valence-corrected chi connectivity index (χ0v) is 25.9. The Morgan fingerprint density at radius 1 is 1.07 bits per heavy atom. The fraction of sp³-hybridized carbons (Fsp3) is 0.375. The van der Waals surface area contributed by atoms with Crippen LogP contribution in [0.2, 0.25) is 0 Å². The first-order valence-corrected chi connectivity index (χ1v) is 14.9. The molecule has 1 aliphatic heterocycles. The van der Waals surface area contributed by atoms with Crippen LogP contribution in [0.5, 0.6) is 17.2 Å². The molecule has 0 aliphatic carbocycles. The van der Waals surface area contributed by atoms with Crippen molar-refractivity contribution in [1.82, 2.24) is 4.98 Å². The minimum atomic E-state index is -1.09. The molecule has 1 fully saturated rings. The molecule has 1 aliphatic rings. The summed E-state index contributed by atoms with van der Waals surface area (Å²) in [5.74, 6) is -0.893. The lowest BCUT2D eigenvalue weighted by Crippen LogP contribution is -2.29. The number of aryl methyl sites for hydroxylation is 1. The van der Waals surface area contributed by atoms with Gasteiger partial charge >= 0.3 is 11.9 Å². The summed E-state index contributed by atoms with van der Waals surface area (Å²) in [6.45, 7) is 10.4. The number of ether oxygens (including phenoxy) is 4. The van der Waals surface area contributed by atoms with Gasteiger partial charge in [-0.25, -0.2) is 9.78 Å². The Hall–Kier alpha value is -4.38. The molecule has 10 nitrogen and oxygen atoms in total. The van der Waals surface area contributed by atoms with E-state index in [-0.39, 0.29) is 27.9 Å². The van der Waals surface area contributed by atoms with Crippen molar-refractivity contribution in [3.05, 3.63) is 69.7 Å². The molecule has 1 N–H and O–H groups in total. The molecule has 2 heterocycles. The number of thiazole rings is 1. The van der Waals surface area contributed by atoms with E-state index in [1.807, 2.05) is 6.92 Å². The second-order valence-corrected chi connectivity index (χ2v) is 11.2. The van der Waals surface area contributed by atoms with E-state index in [4.69, 9.17) is 18.9 Å². The molecule has 2 aromatic carbocycles. The lowest BCUT2D eigenvalue weighted by molar-refractivity contribution is -0.132. The van der Waals surface area contributed by atoms with Crippen molar-refractivity contribution in [3.8, 4) is 17.2 Å². The molecule has 228 valence electrons. The molecule has 0 bridgehead atoms. The smallest absolute Gasteiger partial charge is 0.350 e. The summed E-state index contributed by atoms with van der Waals surface area (Å²) in [7, 11) is 1.50. The molecule has 1 saturated heterocycles. The van der Waals surface area contributed by atoms with Gasteiger partial charge in [-0.05, 0) is 62.9 Å². The Balaban J connectivity index is 1.88. The van der Waals surface area contributed by atoms with Gasteiger partial charge in [-0.2, -0.15) is 0 Å². The Bertz CT molecular complexity index is 1540. The van der Waals surface area contributed by atoms with Crippen LogP contribution in [-0.2, 0) is 14.3 Å². The van der Waals surface area contributed by atoms with Crippen LogP contribution < -0.4 is 19.1 Å². The van der Waals surface area contributed by atoms with Gasteiger partial charge in [-0.1, -0.05) is 43.4 Å². The number of amides is 1. The number of ketones is 1. The number of hydrogen-bond donors (Lipinski definition) is 1. The predicted molar refractivity (Wildman–Crippen MR) is 163 cm³/mol. The van der Waals surface area contributed by atoms with Crippen molar-refractivity contribution in [1.29, 1.82) is 0 Å². The van der Waals surface area contributed by atoms with Gasteiger partial charge in [0.2, 0.25) is 0 Å². The van der Waals surface area contributed by atoms with Crippen LogP contribution >= 0.6 is 11.3 Å². The van der Waals surface area contributed by atoms with Gasteiger partial charge in [0.1, 0.15) is 16.4 Å². The van der Waals surface area contributed by atoms with Gasteiger partial charge < -0.3 is 24.1 Å². The van der Waals surface area contributed by atoms with Crippen molar-refractivity contribution in [2.24, 2.45) is 5.92 Å². The lowest BCUT2D eigenvalue weighted by Gasteiger charge is -2.24. The average Bonchev–Trinajstić information content (AvgIpc) is 3.49. The lowest BCUT2D eigenvalue weighted by atomic mass is 9.95. The van der Waals surface area contributed by atoms with Crippen LogP contribution in [0.1, 0.15) is 66.7 Å². The number of anilines is 1. The van der Waals surface area contributed by atoms with Crippen molar-refractivity contribution >= 4 is 39.9 Å². The molecule has 1 atom stereocenters. The molecule has 3 aromatic rings. The summed E-state index contributed by atoms with van der Waals surface area (Å²) < 4.78 is 22.3. The van der Waals surface area contributed by atoms with E-state index in [1.54, 1.807) is 56.3 Å². The third-order valence-electron chi connectivity index (χ3n) is 6.77. The van der Waals surface area contributed by atoms with Gasteiger partial charge in [-0.15, -0.1) is 0 Å². The van der Waals surface area contributed by atoms with Crippen LogP contribution in [0.4, 0.5) is 5.13 Å². The number of methoxy groups -OCH3 is 1. The van der Waals surface area contributed by atoms with Crippen molar-refractivity contribution in [2.75, 3.05) is 31.8 Å². The minimum absolute atomic E-state index is 0.117. The number of Topliss-reactive ketones (excluding diaryl/α,β-unsaturated/α-hetero) is 1. The summed E-state index contributed by atoms with van der Waals surface area (Å²) in [4.78, 5) is 45.7. The maximum Gasteiger partial charge on any atom is 0.350 e. The Kier molecular flexibility index (Phi) is 10.1. The third kappa shape index (κ3) is 6.67. The highest BCUT2D eigenvalue weighted by Gasteiger charge is 2.48. The monoisotopic (exact) mass is 608 g/mol. The molecule has 0 spiro atoms. The quantitative estimate of drug-likeness (QED) is 0.113. The summed E-state index contributed by atoms with van der Waals surface area (Å²) in [5, 5.41) is 11.7. The maximum atomic E-state index is 13.6. The molecule has 1 amide bonds. The topological polar surface area (TPSA) is 124 Å². The van der Waals surface area contributed by atoms with Crippen molar-refractivity contribution in [2.45, 2.75) is 47.1 Å². The van der Waals surface area contributed by atoms with Gasteiger partial charge in [-0.3, -0.25) is 14.5 Å². The highest BCUT2D eigenvalue weighted by molar-refractivity contribution is 7.17. The van der Waals surface area contributed by atoms with E-state index in [0.29, 0.717) is 53.2 Å². The zero-order valence-electron chi connectivity index (χ0n) is 25.1. The Labute approximate surface area is 254 Å². The normalized spacial score (nSPS) is 16.1. The number of carbonyl (C=O) groups is 3. The summed E-state index contributed by atoms with van der Waals surface area (Å²) >= 11 is 0.942. The fourth-order valence-electron chi connectivity index (χ4n) is 4.65. The molecule has 11 heteroatoms. The van der Waals surface area contributed by atoms with E-state index >= 15 is 0 Å². The first-order chi connectivity index (χ1) is 20.6. The maximum absolute atomic E-state index is 13.6. The first kappa shape index (κ1) is 31.6. The molecule has 4 rings (SSSR count). The second kappa shape index (κ2) is 13.7. The summed E-state index contributed by atoms with van der Waals surface area (Å²) in [6, 6.07) is 10.7. The molecule has 0 saturated carbocycles. The number of hydrogen-bond acceptors (Lipinski definition) is 10. The number of aliphatic hydroxyl groups excluding tert-OH is 1. The fourth-order valence-corrected chi connectivity index (χ4v) is 5.64. The third-order valence-corrected chi connectivity index (χ3v) is 7.91. The molecule has 1 aromatic heterocycles. The highest BCUT2D eigenvalue weighted by atomic mass is 32.1. The first-order valence-electron chi connectivity index (χ1n) is 14.1. The van der Waals surface area contributed by atoms with E-state index in [9.17, 15) is 19.5 Å². The van der Waals surface area contributed by atoms with Crippen molar-refractivity contribution in [3.63, 3.8) is 0 Å². The second-order valence-electron chi connectivity index (χ2n) is 10.2. The molecule has 0 radical (unpaired) electrons. The van der Waals surface area contributed by atoms with Crippen LogP contribution in [-0.4, -0.2) is 54.7 Å². The predicted octanol–water partition coefficient (Wildman–Crippen LogP) is 6.09. The Morgan fingerprint density at radius 3 is 2.51 bits per heavy atom. The number of benzene rings is 2. The standard InChI is InChI=1S/C32H36N2O8S/c1-7-40-22-11-9-10-21(16-22)27(35)25-26(20-12-13-23(24(17-20)39-6)42-15-14-18(3)4)34(30(37)28(25)36)32-33-19(5)29(43-32)31(38)41-8-2/h9-13,16-18,26,35H,7-8,14-15H2,1-6H3. The van der Waals surface area contributed by atoms with Gasteiger partial charge in [0, 0.05) is 5.56 Å². The number of aromatic nitrogens is 1. The number of nitrogens with zero attached hydrogens (tertiary/aromatic N) is 2. The SMILES string of the molecule is CCOC(=O)c1sc(N2C(=O)C(=O)C(=C(O)c3cccc(OCC)c3)C2c2ccc(OCCC(C)C)c(OC)c2)nc1C. The largest absolute Gasteiger partial charge is 0.507 e. The molecule has 43 heavy (non-hydrogen) atoms. The number of rotatable bonds is 12. The van der Waals surface area contributed by atoms with Crippen LogP contribution in [0.15, 0.2) is 48.0 Å². The van der Waals surface area contributed by atoms with Gasteiger partial charge in [0.25, 0.3) is 5.78 Å². The van der Waals surface area contributed by atoms with Gasteiger partial charge in [0.15, 0.2) is 16.6 Å². The molecular weight excluding hydrogens is 572 g/mol. The average molecular weight is 609 g/mol. The number of esters is 1. The van der Waals surface area contributed by atoms with Crippen LogP contribution in [0.3, 0.4) is 0 Å². The zero-order chi connectivity index (χ0) is 31.3. The van der Waals surface area contributed by atoms with E-state index in [0.717, 1.165) is 17.8 Å². The van der Waals surface area contributed by atoms with E-state index < -0.39 is 23.7 Å². The van der Waals surface area contributed by atoms with Gasteiger partial charge in [0.05, 0.1) is 44.2 Å². The minimum Gasteiger partial charge on any atom is -0.507 e. The molecule has 1 unspecified atom stereocenters. The number of carbonyl (C=O) groups excluding carboxylic acids is 3. The summed E-state index contributed by atoms with van der Waals surface area (Å²) in [5.41, 5.74) is 0.993. The summed E-state index contributed by atoms with van der Waals surface area (Å²) in [6.07, 6.45) is 0.845. The van der Waals surface area contributed by atoms with Crippen molar-refractivity contribution < 1.29 is 38.4 Å². The highest BCUT2D eigenvalue weighted by Crippen LogP contribution is 2.45. The van der Waals surface area contributed by atoms with E-state index in [1.165, 1.54) is 12.0 Å². The van der Waals surface area contributed by atoms with Crippen LogP contribution in [0.25, 0.3) is 5.76 Å². The van der Waals surface area contributed by atoms with E-state index in [2.05, 4.69) is 18.8 Å². The van der Waals surface area contributed by atoms with Crippen LogP contribution in [0, 0.1) is 12.8 Å². The Morgan fingerprint density at radius 2 is 1.84 bits per heavy atom. The number of aliphatic hydroxyl groups is 1.